The Bertz CT molecular complexity index is 2900. The fourth-order valence-electron chi connectivity index (χ4n) is 7.44. The van der Waals surface area contributed by atoms with Crippen LogP contribution in [-0.2, 0) is 0 Å². The molecule has 230 valence electrons. The van der Waals surface area contributed by atoms with E-state index < -0.39 is 0 Å². The number of nitriles is 2. The molecule has 0 saturated carbocycles. The second-order valence-electron chi connectivity index (χ2n) is 12.3. The topological polar surface area (TPSA) is 61.8 Å². The van der Waals surface area contributed by atoms with E-state index in [2.05, 4.69) is 111 Å². The quantitative estimate of drug-likeness (QED) is 0.181. The van der Waals surface area contributed by atoms with Crippen LogP contribution in [0.2, 0.25) is 0 Å². The van der Waals surface area contributed by atoms with Crippen molar-refractivity contribution in [3.63, 3.8) is 0 Å². The van der Waals surface area contributed by atoms with Gasteiger partial charge in [0, 0.05) is 38.5 Å². The molecule has 7 aromatic carbocycles. The standard InChI is InChI=1S/C45H25N5/c1-48-32-20-23-38(44(26-32)50-43-24-17-29(27-46)25-40(43)39-14-8-9-31(28-47)45(39)50)35-11-3-2-10-34(35)30-18-21-33(22-19-30)49-41-15-6-4-12-36(41)37-13-5-7-16-42(37)49/h2-26H. The van der Waals surface area contributed by atoms with E-state index >= 15 is 0 Å². The first-order chi connectivity index (χ1) is 24.7. The average molecular weight is 636 g/mol. The van der Waals surface area contributed by atoms with Gasteiger partial charge in [-0.3, -0.25) is 0 Å². The van der Waals surface area contributed by atoms with Gasteiger partial charge in [0.05, 0.1) is 45.8 Å². The fraction of sp³-hybridized carbons (Fsp3) is 0. The van der Waals surface area contributed by atoms with E-state index in [1.165, 1.54) is 10.8 Å². The lowest BCUT2D eigenvalue weighted by Gasteiger charge is -2.18. The average Bonchev–Trinajstić information content (AvgIpc) is 3.70. The zero-order valence-electron chi connectivity index (χ0n) is 26.7. The molecule has 0 N–H and O–H groups in total. The molecule has 0 atom stereocenters. The third-order valence-electron chi connectivity index (χ3n) is 9.62. The Hall–Kier alpha value is -7.39. The van der Waals surface area contributed by atoms with Crippen molar-refractivity contribution in [3.8, 4) is 45.8 Å². The molecule has 0 saturated heterocycles. The van der Waals surface area contributed by atoms with Crippen molar-refractivity contribution in [1.82, 2.24) is 9.13 Å². The number of nitrogens with zero attached hydrogens (tertiary/aromatic N) is 5. The van der Waals surface area contributed by atoms with Crippen LogP contribution in [0.3, 0.4) is 0 Å². The molecule has 0 aliphatic heterocycles. The molecule has 0 bridgehead atoms. The van der Waals surface area contributed by atoms with Crippen LogP contribution in [0.25, 0.3) is 82.1 Å². The molecule has 2 aromatic heterocycles. The SMILES string of the molecule is [C-]#[N+]c1ccc(-c2ccccc2-c2ccc(-n3c4ccccc4c4ccccc43)cc2)c(-n2c3ccc(C#N)cc3c3cccc(C#N)c32)c1. The van der Waals surface area contributed by atoms with E-state index in [1.54, 1.807) is 6.07 Å². The zero-order valence-corrected chi connectivity index (χ0v) is 26.7. The highest BCUT2D eigenvalue weighted by molar-refractivity contribution is 6.12. The molecular weight excluding hydrogens is 611 g/mol. The lowest BCUT2D eigenvalue weighted by atomic mass is 9.93. The molecule has 0 aliphatic carbocycles. The first kappa shape index (κ1) is 28.8. The largest absolute Gasteiger partial charge is 0.309 e. The molecule has 2 heterocycles. The molecule has 9 rings (SSSR count). The predicted octanol–water partition coefficient (Wildman–Crippen LogP) is 11.5. The van der Waals surface area contributed by atoms with Crippen molar-refractivity contribution >= 4 is 49.3 Å². The van der Waals surface area contributed by atoms with Gasteiger partial charge in [-0.15, -0.1) is 0 Å². The summed E-state index contributed by atoms with van der Waals surface area (Å²) in [6, 6.07) is 55.7. The Morgan fingerprint density at radius 3 is 1.86 bits per heavy atom. The summed E-state index contributed by atoms with van der Waals surface area (Å²) in [7, 11) is 0. The molecule has 0 unspecified atom stereocenters. The minimum Gasteiger partial charge on any atom is -0.309 e. The Balaban J connectivity index is 1.26. The maximum atomic E-state index is 10.3. The molecule has 0 radical (unpaired) electrons. The summed E-state index contributed by atoms with van der Waals surface area (Å²) in [5, 5.41) is 24.2. The van der Waals surface area contributed by atoms with E-state index in [1.807, 2.05) is 60.7 Å². The fourth-order valence-corrected chi connectivity index (χ4v) is 7.44. The van der Waals surface area contributed by atoms with Gasteiger partial charge in [-0.25, -0.2) is 4.85 Å². The molecule has 0 fully saturated rings. The summed E-state index contributed by atoms with van der Waals surface area (Å²) < 4.78 is 4.39. The summed E-state index contributed by atoms with van der Waals surface area (Å²) in [6.07, 6.45) is 0. The van der Waals surface area contributed by atoms with Gasteiger partial charge < -0.3 is 9.13 Å². The van der Waals surface area contributed by atoms with Crippen LogP contribution >= 0.6 is 0 Å². The number of hydrogen-bond acceptors (Lipinski definition) is 2. The van der Waals surface area contributed by atoms with E-state index in [-0.39, 0.29) is 0 Å². The number of rotatable bonds is 4. The van der Waals surface area contributed by atoms with Crippen molar-refractivity contribution in [2.75, 3.05) is 0 Å². The van der Waals surface area contributed by atoms with Crippen molar-refractivity contribution in [2.45, 2.75) is 0 Å². The van der Waals surface area contributed by atoms with Gasteiger partial charge in [0.2, 0.25) is 0 Å². The number of hydrogen-bond donors (Lipinski definition) is 0. The van der Waals surface area contributed by atoms with E-state index in [4.69, 9.17) is 6.57 Å². The van der Waals surface area contributed by atoms with Crippen LogP contribution in [0.5, 0.6) is 0 Å². The summed E-state index contributed by atoms with van der Waals surface area (Å²) >= 11 is 0. The molecule has 0 spiro atoms. The molecule has 50 heavy (non-hydrogen) atoms. The van der Waals surface area contributed by atoms with Crippen LogP contribution < -0.4 is 0 Å². The molecule has 0 amide bonds. The van der Waals surface area contributed by atoms with Crippen LogP contribution in [0.15, 0.2) is 152 Å². The summed E-state index contributed by atoms with van der Waals surface area (Å²) in [5.74, 6) is 0. The summed E-state index contributed by atoms with van der Waals surface area (Å²) in [4.78, 5) is 3.79. The van der Waals surface area contributed by atoms with Crippen LogP contribution in [0.4, 0.5) is 5.69 Å². The van der Waals surface area contributed by atoms with Crippen LogP contribution in [0.1, 0.15) is 11.1 Å². The smallest absolute Gasteiger partial charge is 0.189 e. The van der Waals surface area contributed by atoms with Gasteiger partial charge >= 0.3 is 0 Å². The van der Waals surface area contributed by atoms with Gasteiger partial charge in [0.1, 0.15) is 6.07 Å². The minimum absolute atomic E-state index is 0.495. The Labute approximate surface area is 288 Å². The second kappa shape index (κ2) is 11.4. The number of fused-ring (bicyclic) bond motifs is 6. The minimum atomic E-state index is 0.495. The number of benzene rings is 7. The van der Waals surface area contributed by atoms with Gasteiger partial charge in [0.15, 0.2) is 5.69 Å². The first-order valence-electron chi connectivity index (χ1n) is 16.3. The molecule has 0 aliphatic rings. The van der Waals surface area contributed by atoms with Gasteiger partial charge in [0.25, 0.3) is 0 Å². The predicted molar refractivity (Wildman–Crippen MR) is 202 cm³/mol. The van der Waals surface area contributed by atoms with Gasteiger partial charge in [-0.1, -0.05) is 97.1 Å². The Morgan fingerprint density at radius 2 is 1.16 bits per heavy atom. The summed E-state index contributed by atoms with van der Waals surface area (Å²) in [5.41, 5.74) is 11.4. The van der Waals surface area contributed by atoms with Crippen LogP contribution in [0, 0.1) is 29.2 Å². The van der Waals surface area contributed by atoms with Gasteiger partial charge in [-0.05, 0) is 71.3 Å². The highest BCUT2D eigenvalue weighted by Gasteiger charge is 2.21. The first-order valence-corrected chi connectivity index (χ1v) is 16.3. The monoisotopic (exact) mass is 635 g/mol. The van der Waals surface area contributed by atoms with E-state index in [0.29, 0.717) is 16.8 Å². The third-order valence-corrected chi connectivity index (χ3v) is 9.62. The molecule has 5 nitrogen and oxygen atoms in total. The second-order valence-corrected chi connectivity index (χ2v) is 12.3. The zero-order chi connectivity index (χ0) is 33.8. The van der Waals surface area contributed by atoms with E-state index in [9.17, 15) is 10.5 Å². The lowest BCUT2D eigenvalue weighted by Crippen LogP contribution is -1.99. The van der Waals surface area contributed by atoms with E-state index in [0.717, 1.165) is 66.5 Å². The highest BCUT2D eigenvalue weighted by atomic mass is 15.0. The molecular formula is C45H25N5. The maximum absolute atomic E-state index is 10.3. The lowest BCUT2D eigenvalue weighted by molar-refractivity contribution is 1.18. The normalized spacial score (nSPS) is 11.1. The number of aromatic nitrogens is 2. The molecule has 5 heteroatoms. The van der Waals surface area contributed by atoms with Crippen molar-refractivity contribution < 1.29 is 0 Å². The maximum Gasteiger partial charge on any atom is 0.189 e. The molecule has 9 aromatic rings. The van der Waals surface area contributed by atoms with Gasteiger partial charge in [-0.2, -0.15) is 10.5 Å². The highest BCUT2D eigenvalue weighted by Crippen LogP contribution is 2.42. The van der Waals surface area contributed by atoms with Crippen molar-refractivity contribution in [1.29, 1.82) is 10.5 Å². The van der Waals surface area contributed by atoms with Crippen molar-refractivity contribution in [2.24, 2.45) is 0 Å². The Morgan fingerprint density at radius 1 is 0.500 bits per heavy atom. The third kappa shape index (κ3) is 4.31. The Kier molecular flexibility index (Phi) is 6.56. The van der Waals surface area contributed by atoms with Crippen LogP contribution in [-0.4, -0.2) is 9.13 Å². The number of para-hydroxylation sites is 3. The summed E-state index contributed by atoms with van der Waals surface area (Å²) in [6.45, 7) is 7.88. The van der Waals surface area contributed by atoms with Crippen molar-refractivity contribution in [3.05, 3.63) is 174 Å².